The van der Waals surface area contributed by atoms with Crippen LogP contribution in [0.5, 0.6) is 5.75 Å². The second-order valence-corrected chi connectivity index (χ2v) is 11.7. The van der Waals surface area contributed by atoms with Gasteiger partial charge in [0.2, 0.25) is 0 Å². The zero-order valence-corrected chi connectivity index (χ0v) is 22.1. The number of rotatable bonds is 6. The SMILES string of the molecule is CC1CCC(C2COC(C3CCC(C(F)(F)Oc4ccc(-c5ccc(Cl)c(F)c5)cc4)CC3)OC2)CC1. The van der Waals surface area contributed by atoms with Crippen LogP contribution in [0, 0.1) is 35.4 Å². The molecule has 1 heterocycles. The predicted molar refractivity (Wildman–Crippen MR) is 138 cm³/mol. The molecule has 2 aliphatic carbocycles. The van der Waals surface area contributed by atoms with Crippen molar-refractivity contribution < 1.29 is 27.4 Å². The first-order valence-electron chi connectivity index (χ1n) is 13.6. The molecule has 2 aromatic carbocycles. The molecule has 3 aliphatic rings. The van der Waals surface area contributed by atoms with E-state index in [0.29, 0.717) is 48.6 Å². The van der Waals surface area contributed by atoms with Crippen LogP contribution in [0.1, 0.15) is 58.3 Å². The number of hydrogen-bond donors (Lipinski definition) is 0. The summed E-state index contributed by atoms with van der Waals surface area (Å²) in [4.78, 5) is 0. The van der Waals surface area contributed by atoms with Crippen molar-refractivity contribution in [2.45, 2.75) is 70.7 Å². The van der Waals surface area contributed by atoms with E-state index in [0.717, 1.165) is 19.1 Å². The first-order valence-corrected chi connectivity index (χ1v) is 14.0. The van der Waals surface area contributed by atoms with Crippen molar-refractivity contribution in [3.63, 3.8) is 0 Å². The van der Waals surface area contributed by atoms with Crippen LogP contribution >= 0.6 is 11.6 Å². The summed E-state index contributed by atoms with van der Waals surface area (Å²) in [6.07, 6.45) is 3.56. The first kappa shape index (κ1) is 26.8. The minimum absolute atomic E-state index is 0.0398. The average Bonchev–Trinajstić information content (AvgIpc) is 2.91. The molecule has 0 N–H and O–H groups in total. The maximum atomic E-state index is 15.0. The molecule has 0 amide bonds. The molecule has 1 aliphatic heterocycles. The molecule has 2 saturated carbocycles. The van der Waals surface area contributed by atoms with Crippen molar-refractivity contribution in [3.8, 4) is 16.9 Å². The topological polar surface area (TPSA) is 27.7 Å². The van der Waals surface area contributed by atoms with E-state index in [1.54, 1.807) is 18.2 Å². The quantitative estimate of drug-likeness (QED) is 0.369. The number of halogens is 4. The van der Waals surface area contributed by atoms with Gasteiger partial charge in [0.1, 0.15) is 11.6 Å². The van der Waals surface area contributed by atoms with E-state index in [9.17, 15) is 4.39 Å². The zero-order chi connectivity index (χ0) is 26.0. The third kappa shape index (κ3) is 6.46. The van der Waals surface area contributed by atoms with E-state index in [2.05, 4.69) is 6.92 Å². The van der Waals surface area contributed by atoms with Crippen molar-refractivity contribution in [2.75, 3.05) is 13.2 Å². The highest BCUT2D eigenvalue weighted by Crippen LogP contribution is 2.43. The summed E-state index contributed by atoms with van der Waals surface area (Å²) in [5.41, 5.74) is 1.31. The van der Waals surface area contributed by atoms with Crippen LogP contribution in [0.4, 0.5) is 13.2 Å². The lowest BCUT2D eigenvalue weighted by molar-refractivity contribution is -0.251. The minimum atomic E-state index is -3.27. The summed E-state index contributed by atoms with van der Waals surface area (Å²) in [5.74, 6) is 0.837. The molecule has 3 nitrogen and oxygen atoms in total. The van der Waals surface area contributed by atoms with Crippen LogP contribution < -0.4 is 4.74 Å². The number of hydrogen-bond acceptors (Lipinski definition) is 3. The van der Waals surface area contributed by atoms with E-state index < -0.39 is 17.8 Å². The second-order valence-electron chi connectivity index (χ2n) is 11.2. The van der Waals surface area contributed by atoms with Crippen LogP contribution in [-0.4, -0.2) is 25.6 Å². The highest BCUT2D eigenvalue weighted by molar-refractivity contribution is 6.30. The van der Waals surface area contributed by atoms with Gasteiger partial charge < -0.3 is 14.2 Å². The van der Waals surface area contributed by atoms with Crippen molar-refractivity contribution in [3.05, 3.63) is 53.3 Å². The fourth-order valence-corrected chi connectivity index (χ4v) is 6.31. The maximum Gasteiger partial charge on any atom is 0.400 e. The third-order valence-corrected chi connectivity index (χ3v) is 8.98. The molecule has 7 heteroatoms. The molecule has 1 saturated heterocycles. The molecule has 5 rings (SSSR count). The van der Waals surface area contributed by atoms with Gasteiger partial charge in [-0.05, 0) is 85.8 Å². The Hall–Kier alpha value is -1.76. The standard InChI is InChI=1S/C30H36ClF3O3/c1-19-2-4-21(5-3-19)24-17-35-29(36-18-24)22-6-11-25(12-7-22)30(33,34)37-26-13-8-20(9-14-26)23-10-15-27(31)28(32)16-23/h8-10,13-16,19,21-22,24-25,29H,2-7,11-12,17-18H2,1H3. The number of benzene rings is 2. The van der Waals surface area contributed by atoms with Crippen molar-refractivity contribution >= 4 is 11.6 Å². The Kier molecular flexibility index (Phi) is 8.37. The maximum absolute atomic E-state index is 15.0. The Balaban J connectivity index is 1.09. The Morgan fingerprint density at radius 2 is 1.38 bits per heavy atom. The van der Waals surface area contributed by atoms with Gasteiger partial charge in [-0.1, -0.05) is 49.6 Å². The molecule has 2 aromatic rings. The van der Waals surface area contributed by atoms with Gasteiger partial charge in [0.25, 0.3) is 0 Å². The molecule has 3 fully saturated rings. The first-order chi connectivity index (χ1) is 17.8. The molecular formula is C30H36ClF3O3. The average molecular weight is 537 g/mol. The second kappa shape index (κ2) is 11.5. The van der Waals surface area contributed by atoms with E-state index in [4.69, 9.17) is 25.8 Å². The molecule has 0 unspecified atom stereocenters. The molecule has 0 aromatic heterocycles. The Morgan fingerprint density at radius 1 is 0.784 bits per heavy atom. The number of ether oxygens (including phenoxy) is 3. The van der Waals surface area contributed by atoms with Crippen LogP contribution in [0.3, 0.4) is 0 Å². The highest BCUT2D eigenvalue weighted by atomic mass is 35.5. The van der Waals surface area contributed by atoms with Crippen molar-refractivity contribution in [2.24, 2.45) is 29.6 Å². The lowest BCUT2D eigenvalue weighted by Crippen LogP contribution is -2.43. The lowest BCUT2D eigenvalue weighted by atomic mass is 9.76. The molecule has 0 spiro atoms. The van der Waals surface area contributed by atoms with Crippen molar-refractivity contribution in [1.82, 2.24) is 0 Å². The van der Waals surface area contributed by atoms with Gasteiger partial charge >= 0.3 is 6.11 Å². The van der Waals surface area contributed by atoms with Crippen LogP contribution in [-0.2, 0) is 9.47 Å². The lowest BCUT2D eigenvalue weighted by Gasteiger charge is -2.41. The third-order valence-electron chi connectivity index (χ3n) is 8.67. The summed E-state index contributed by atoms with van der Waals surface area (Å²) in [6, 6.07) is 10.8. The van der Waals surface area contributed by atoms with Crippen LogP contribution in [0.15, 0.2) is 42.5 Å². The Morgan fingerprint density at radius 3 is 2.00 bits per heavy atom. The highest BCUT2D eigenvalue weighted by Gasteiger charge is 2.46. The summed E-state index contributed by atoms with van der Waals surface area (Å²) in [6.45, 7) is 3.77. The van der Waals surface area contributed by atoms with Crippen LogP contribution in [0.25, 0.3) is 11.1 Å². The van der Waals surface area contributed by atoms with Gasteiger partial charge in [-0.2, -0.15) is 8.78 Å². The zero-order valence-electron chi connectivity index (χ0n) is 21.3. The van der Waals surface area contributed by atoms with E-state index in [-0.39, 0.29) is 23.0 Å². The molecule has 37 heavy (non-hydrogen) atoms. The minimum Gasteiger partial charge on any atom is -0.432 e. The normalized spacial score (nSPS) is 31.2. The number of alkyl halides is 2. The molecular weight excluding hydrogens is 501 g/mol. The molecule has 0 bridgehead atoms. The van der Waals surface area contributed by atoms with Gasteiger partial charge in [-0.25, -0.2) is 4.39 Å². The summed E-state index contributed by atoms with van der Waals surface area (Å²) in [7, 11) is 0. The largest absolute Gasteiger partial charge is 0.432 e. The monoisotopic (exact) mass is 536 g/mol. The fraction of sp³-hybridized carbons (Fsp3) is 0.600. The van der Waals surface area contributed by atoms with Gasteiger partial charge in [-0.15, -0.1) is 0 Å². The van der Waals surface area contributed by atoms with Gasteiger partial charge in [0, 0.05) is 11.8 Å². The molecule has 0 atom stereocenters. The molecule has 202 valence electrons. The Labute approximate surface area is 222 Å². The summed E-state index contributed by atoms with van der Waals surface area (Å²) >= 11 is 5.74. The van der Waals surface area contributed by atoms with Gasteiger partial charge in [-0.3, -0.25) is 0 Å². The predicted octanol–water partition coefficient (Wildman–Crippen LogP) is 8.74. The Bertz CT molecular complexity index is 1020. The van der Waals surface area contributed by atoms with E-state index in [1.807, 2.05) is 0 Å². The van der Waals surface area contributed by atoms with Gasteiger partial charge in [0.05, 0.1) is 24.2 Å². The molecule has 0 radical (unpaired) electrons. The summed E-state index contributed by atoms with van der Waals surface area (Å²) < 4.78 is 61.2. The van der Waals surface area contributed by atoms with Crippen molar-refractivity contribution in [1.29, 1.82) is 0 Å². The van der Waals surface area contributed by atoms with E-state index in [1.165, 1.54) is 49.9 Å². The van der Waals surface area contributed by atoms with Crippen LogP contribution in [0.2, 0.25) is 5.02 Å². The van der Waals surface area contributed by atoms with E-state index >= 15 is 8.78 Å². The summed E-state index contributed by atoms with van der Waals surface area (Å²) in [5, 5.41) is 0.0398. The van der Waals surface area contributed by atoms with Gasteiger partial charge in [0.15, 0.2) is 6.29 Å². The smallest absolute Gasteiger partial charge is 0.400 e. The fourth-order valence-electron chi connectivity index (χ4n) is 6.19.